The highest BCUT2D eigenvalue weighted by atomic mass is 16.5. The highest BCUT2D eigenvalue weighted by Crippen LogP contribution is 2.43. The third kappa shape index (κ3) is 2.91. The molecule has 4 heterocycles. The second-order valence-corrected chi connectivity index (χ2v) is 7.59. The average Bonchev–Trinajstić information content (AvgIpc) is 2.68. The minimum Gasteiger partial charge on any atom is -0.497 e. The number of hydrogen-bond acceptors (Lipinski definition) is 4. The van der Waals surface area contributed by atoms with Crippen LogP contribution >= 0.6 is 0 Å². The molecule has 0 radical (unpaired) electrons. The maximum atomic E-state index is 10.3. The SMILES string of the molecule is CCC1CN2CCC1C[C@@H]2[C@H](CO)c1ccnc2ccc(OC)cc12. The number of nitrogens with zero attached hydrogens (tertiary/aromatic N) is 2. The Hall–Kier alpha value is -1.65. The van der Waals surface area contributed by atoms with E-state index < -0.39 is 0 Å². The van der Waals surface area contributed by atoms with Crippen LogP contribution < -0.4 is 4.74 Å². The number of aliphatic hydroxyl groups excluding tert-OH is 1. The summed E-state index contributed by atoms with van der Waals surface area (Å²) in [7, 11) is 1.69. The predicted molar refractivity (Wildman–Crippen MR) is 100.0 cm³/mol. The molecule has 3 aliphatic rings. The Bertz CT molecular complexity index is 748. The standard InChI is InChI=1S/C21H28N2O2/c1-3-14-12-23-9-7-15(14)10-21(23)19(13-24)17-6-8-22-20-5-4-16(25-2)11-18(17)20/h4-6,8,11,14-15,19,21,24H,3,7,9-10,12-13H2,1-2H3/t14?,15?,19-,21-/m1/s1. The van der Waals surface area contributed by atoms with Crippen LogP contribution in [0.3, 0.4) is 0 Å². The highest BCUT2D eigenvalue weighted by molar-refractivity contribution is 5.84. The number of methoxy groups -OCH3 is 1. The second kappa shape index (κ2) is 6.93. The first-order valence-electron chi connectivity index (χ1n) is 9.52. The summed E-state index contributed by atoms with van der Waals surface area (Å²) in [6.07, 6.45) is 5.67. The molecule has 1 N–H and O–H groups in total. The molecule has 3 saturated heterocycles. The molecule has 2 aromatic rings. The summed E-state index contributed by atoms with van der Waals surface area (Å²) in [5, 5.41) is 11.4. The summed E-state index contributed by atoms with van der Waals surface area (Å²) in [4.78, 5) is 7.13. The zero-order valence-electron chi connectivity index (χ0n) is 15.2. The third-order valence-electron chi connectivity index (χ3n) is 6.50. The van der Waals surface area contributed by atoms with E-state index in [-0.39, 0.29) is 12.5 Å². The molecule has 4 nitrogen and oxygen atoms in total. The number of aliphatic hydroxyl groups is 1. The normalized spacial score (nSPS) is 29.7. The maximum Gasteiger partial charge on any atom is 0.119 e. The van der Waals surface area contributed by atoms with Crippen LogP contribution in [0.25, 0.3) is 10.9 Å². The monoisotopic (exact) mass is 340 g/mol. The van der Waals surface area contributed by atoms with E-state index in [2.05, 4.69) is 28.9 Å². The summed E-state index contributed by atoms with van der Waals surface area (Å²) in [5.74, 6) is 2.63. The van der Waals surface area contributed by atoms with Gasteiger partial charge in [-0.15, -0.1) is 0 Å². The fourth-order valence-corrected chi connectivity index (χ4v) is 5.09. The molecule has 5 atom stereocenters. The molecule has 1 aromatic carbocycles. The van der Waals surface area contributed by atoms with Crippen LogP contribution in [0.1, 0.15) is 37.7 Å². The molecular weight excluding hydrogens is 312 g/mol. The zero-order valence-corrected chi connectivity index (χ0v) is 15.2. The molecule has 4 heteroatoms. The molecule has 2 bridgehead atoms. The van der Waals surface area contributed by atoms with Gasteiger partial charge in [0.15, 0.2) is 0 Å². The molecule has 0 amide bonds. The van der Waals surface area contributed by atoms with E-state index in [0.717, 1.165) is 28.5 Å². The van der Waals surface area contributed by atoms with Crippen LogP contribution in [-0.4, -0.2) is 47.8 Å². The molecule has 5 rings (SSSR count). The van der Waals surface area contributed by atoms with Gasteiger partial charge in [-0.2, -0.15) is 0 Å². The van der Waals surface area contributed by atoms with Gasteiger partial charge in [0.25, 0.3) is 0 Å². The van der Waals surface area contributed by atoms with Crippen molar-refractivity contribution in [2.75, 3.05) is 26.8 Å². The van der Waals surface area contributed by atoms with Crippen molar-refractivity contribution in [3.8, 4) is 5.75 Å². The Labute approximate surface area is 149 Å². The minimum atomic E-state index is 0.137. The van der Waals surface area contributed by atoms with E-state index in [9.17, 15) is 5.11 Å². The largest absolute Gasteiger partial charge is 0.497 e. The lowest BCUT2D eigenvalue weighted by atomic mass is 9.70. The molecule has 0 saturated carbocycles. The van der Waals surface area contributed by atoms with E-state index in [1.165, 1.54) is 37.9 Å². The van der Waals surface area contributed by atoms with E-state index in [4.69, 9.17) is 4.74 Å². The number of benzene rings is 1. The lowest BCUT2D eigenvalue weighted by Gasteiger charge is -2.52. The van der Waals surface area contributed by atoms with Crippen molar-refractivity contribution >= 4 is 10.9 Å². The van der Waals surface area contributed by atoms with Gasteiger partial charge in [-0.25, -0.2) is 0 Å². The Morgan fingerprint density at radius 1 is 1.36 bits per heavy atom. The summed E-state index contributed by atoms with van der Waals surface area (Å²) in [6.45, 7) is 4.86. The second-order valence-electron chi connectivity index (χ2n) is 7.59. The van der Waals surface area contributed by atoms with Crippen molar-refractivity contribution < 1.29 is 9.84 Å². The van der Waals surface area contributed by atoms with Crippen molar-refractivity contribution in [1.82, 2.24) is 9.88 Å². The first-order valence-corrected chi connectivity index (χ1v) is 9.52. The predicted octanol–water partition coefficient (Wildman–Crippen LogP) is 3.44. The Morgan fingerprint density at radius 3 is 2.92 bits per heavy atom. The molecule has 3 aliphatic heterocycles. The number of pyridine rings is 1. The van der Waals surface area contributed by atoms with Gasteiger partial charge in [0, 0.05) is 30.1 Å². The van der Waals surface area contributed by atoms with E-state index in [0.29, 0.717) is 6.04 Å². The van der Waals surface area contributed by atoms with Crippen LogP contribution in [0.2, 0.25) is 0 Å². The first kappa shape index (κ1) is 16.8. The number of rotatable bonds is 5. The van der Waals surface area contributed by atoms with Crippen LogP contribution in [0.15, 0.2) is 30.5 Å². The van der Waals surface area contributed by atoms with Gasteiger partial charge in [0.05, 0.1) is 19.2 Å². The number of hydrogen-bond donors (Lipinski definition) is 1. The van der Waals surface area contributed by atoms with Gasteiger partial charge in [-0.3, -0.25) is 9.88 Å². The summed E-state index contributed by atoms with van der Waals surface area (Å²) >= 11 is 0. The Kier molecular flexibility index (Phi) is 4.65. The molecule has 3 unspecified atom stereocenters. The lowest BCUT2D eigenvalue weighted by molar-refractivity contribution is -0.0187. The summed E-state index contributed by atoms with van der Waals surface area (Å²) in [6, 6.07) is 8.54. The van der Waals surface area contributed by atoms with E-state index in [1.54, 1.807) is 7.11 Å². The van der Waals surface area contributed by atoms with Crippen molar-refractivity contribution in [2.45, 2.75) is 38.1 Å². The molecule has 0 spiro atoms. The van der Waals surface area contributed by atoms with Crippen LogP contribution in [-0.2, 0) is 0 Å². The first-order chi connectivity index (χ1) is 12.2. The molecule has 0 aliphatic carbocycles. The van der Waals surface area contributed by atoms with Gasteiger partial charge in [0.2, 0.25) is 0 Å². The molecule has 134 valence electrons. The van der Waals surface area contributed by atoms with Crippen LogP contribution in [0.4, 0.5) is 0 Å². The van der Waals surface area contributed by atoms with Crippen LogP contribution in [0, 0.1) is 11.8 Å². The smallest absolute Gasteiger partial charge is 0.119 e. The van der Waals surface area contributed by atoms with Crippen molar-refractivity contribution in [3.63, 3.8) is 0 Å². The highest BCUT2D eigenvalue weighted by Gasteiger charge is 2.42. The van der Waals surface area contributed by atoms with Crippen molar-refractivity contribution in [1.29, 1.82) is 0 Å². The van der Waals surface area contributed by atoms with E-state index in [1.807, 2.05) is 18.3 Å². The van der Waals surface area contributed by atoms with Gasteiger partial charge >= 0.3 is 0 Å². The average molecular weight is 340 g/mol. The van der Waals surface area contributed by atoms with E-state index >= 15 is 0 Å². The van der Waals surface area contributed by atoms with Gasteiger partial charge in [-0.1, -0.05) is 13.3 Å². The third-order valence-corrected chi connectivity index (χ3v) is 6.50. The molecular formula is C21H28N2O2. The molecule has 1 aromatic heterocycles. The van der Waals surface area contributed by atoms with Crippen molar-refractivity contribution in [3.05, 3.63) is 36.0 Å². The number of ether oxygens (including phenoxy) is 1. The topological polar surface area (TPSA) is 45.6 Å². The van der Waals surface area contributed by atoms with Crippen LogP contribution in [0.5, 0.6) is 5.75 Å². The number of aromatic nitrogens is 1. The van der Waals surface area contributed by atoms with Crippen molar-refractivity contribution in [2.24, 2.45) is 11.8 Å². The fraction of sp³-hybridized carbons (Fsp3) is 0.571. The van der Waals surface area contributed by atoms with Gasteiger partial charge < -0.3 is 9.84 Å². The molecule has 25 heavy (non-hydrogen) atoms. The quantitative estimate of drug-likeness (QED) is 0.906. The zero-order chi connectivity index (χ0) is 17.4. The Balaban J connectivity index is 1.71. The lowest BCUT2D eigenvalue weighted by Crippen LogP contribution is -2.55. The van der Waals surface area contributed by atoms with Gasteiger partial charge in [0.1, 0.15) is 5.75 Å². The molecule has 3 fully saturated rings. The Morgan fingerprint density at radius 2 is 2.24 bits per heavy atom. The number of piperidine rings is 3. The summed E-state index contributed by atoms with van der Waals surface area (Å²) in [5.41, 5.74) is 2.18. The van der Waals surface area contributed by atoms with Gasteiger partial charge in [-0.05, 0) is 61.1 Å². The summed E-state index contributed by atoms with van der Waals surface area (Å²) < 4.78 is 5.41. The maximum absolute atomic E-state index is 10.3. The fourth-order valence-electron chi connectivity index (χ4n) is 5.09. The minimum absolute atomic E-state index is 0.137. The number of fused-ring (bicyclic) bond motifs is 4.